The predicted molar refractivity (Wildman–Crippen MR) is 109 cm³/mol. The van der Waals surface area contributed by atoms with E-state index in [1.807, 2.05) is 6.20 Å². The smallest absolute Gasteiger partial charge is 0.226 e. The highest BCUT2D eigenvalue weighted by molar-refractivity contribution is 5.83. The lowest BCUT2D eigenvalue weighted by atomic mass is 9.40. The number of amides is 1. The Hall–Kier alpha value is -1.58. The van der Waals surface area contributed by atoms with Crippen molar-refractivity contribution in [3.8, 4) is 0 Å². The first kappa shape index (κ1) is 18.8. The molecule has 1 amide bonds. The standard InChI is InChI=1S/C23H35N3O/c1-5-26(6-2)19-8-7-17(12-24-19)13-25-20(27)23-11-18-9-21(3,15-23)14-22(4,10-18)16-23/h7-8,12,18H,5-6,9-11,13-16H2,1-4H3,(H,25,27). The van der Waals surface area contributed by atoms with Gasteiger partial charge in [-0.05, 0) is 80.8 Å². The number of rotatable bonds is 6. The third-order valence-electron chi connectivity index (χ3n) is 7.46. The van der Waals surface area contributed by atoms with E-state index >= 15 is 0 Å². The number of aromatic nitrogens is 1. The maximum Gasteiger partial charge on any atom is 0.226 e. The van der Waals surface area contributed by atoms with Crippen LogP contribution in [-0.2, 0) is 11.3 Å². The van der Waals surface area contributed by atoms with Crippen molar-refractivity contribution >= 4 is 11.7 Å². The molecular weight excluding hydrogens is 334 g/mol. The van der Waals surface area contributed by atoms with Crippen LogP contribution >= 0.6 is 0 Å². The van der Waals surface area contributed by atoms with Crippen LogP contribution in [0.4, 0.5) is 5.82 Å². The molecule has 0 saturated heterocycles. The number of anilines is 1. The normalized spacial score (nSPS) is 36.7. The minimum atomic E-state index is -0.127. The van der Waals surface area contributed by atoms with Crippen LogP contribution in [0.3, 0.4) is 0 Å². The van der Waals surface area contributed by atoms with Gasteiger partial charge >= 0.3 is 0 Å². The molecule has 1 aromatic rings. The fourth-order valence-corrected chi connectivity index (χ4v) is 7.33. The molecular formula is C23H35N3O. The zero-order chi connectivity index (χ0) is 19.3. The largest absolute Gasteiger partial charge is 0.357 e. The van der Waals surface area contributed by atoms with Gasteiger partial charge in [0.15, 0.2) is 0 Å². The Morgan fingerprint density at radius 3 is 2.30 bits per heavy atom. The Morgan fingerprint density at radius 2 is 1.78 bits per heavy atom. The van der Waals surface area contributed by atoms with Crippen molar-refractivity contribution in [1.82, 2.24) is 10.3 Å². The number of nitrogens with one attached hydrogen (secondary N) is 1. The number of nitrogens with zero attached hydrogens (tertiary/aromatic N) is 2. The van der Waals surface area contributed by atoms with Crippen LogP contribution in [0.25, 0.3) is 0 Å². The Morgan fingerprint density at radius 1 is 1.11 bits per heavy atom. The fourth-order valence-electron chi connectivity index (χ4n) is 7.33. The molecule has 0 spiro atoms. The highest BCUT2D eigenvalue weighted by atomic mass is 16.2. The molecule has 1 aromatic heterocycles. The summed E-state index contributed by atoms with van der Waals surface area (Å²) in [6.07, 6.45) is 9.14. The monoisotopic (exact) mass is 369 g/mol. The number of hydrogen-bond acceptors (Lipinski definition) is 3. The first-order valence-electron chi connectivity index (χ1n) is 10.8. The summed E-state index contributed by atoms with van der Waals surface area (Å²) in [7, 11) is 0. The molecule has 5 rings (SSSR count). The second-order valence-corrected chi connectivity index (χ2v) is 10.3. The van der Waals surface area contributed by atoms with Gasteiger partial charge in [-0.1, -0.05) is 19.9 Å². The van der Waals surface area contributed by atoms with Crippen molar-refractivity contribution in [2.45, 2.75) is 72.8 Å². The van der Waals surface area contributed by atoms with Gasteiger partial charge in [-0.3, -0.25) is 4.79 Å². The van der Waals surface area contributed by atoms with Crippen LogP contribution in [0, 0.1) is 22.2 Å². The average molecular weight is 370 g/mol. The summed E-state index contributed by atoms with van der Waals surface area (Å²) in [5, 5.41) is 3.27. The second kappa shape index (κ2) is 6.49. The van der Waals surface area contributed by atoms with E-state index in [0.717, 1.165) is 49.7 Å². The van der Waals surface area contributed by atoms with Crippen LogP contribution in [-0.4, -0.2) is 24.0 Å². The average Bonchev–Trinajstić information content (AvgIpc) is 2.58. The number of pyridine rings is 1. The van der Waals surface area contributed by atoms with Crippen LogP contribution in [0.5, 0.6) is 0 Å². The lowest BCUT2D eigenvalue weighted by molar-refractivity contribution is -0.170. The molecule has 4 fully saturated rings. The van der Waals surface area contributed by atoms with Crippen molar-refractivity contribution < 1.29 is 4.79 Å². The molecule has 4 heteroatoms. The van der Waals surface area contributed by atoms with Gasteiger partial charge < -0.3 is 10.2 Å². The summed E-state index contributed by atoms with van der Waals surface area (Å²) in [6.45, 7) is 11.6. The van der Waals surface area contributed by atoms with E-state index in [9.17, 15) is 4.79 Å². The highest BCUT2D eigenvalue weighted by Crippen LogP contribution is 2.69. The molecule has 0 aliphatic heterocycles. The molecule has 27 heavy (non-hydrogen) atoms. The summed E-state index contributed by atoms with van der Waals surface area (Å²) in [4.78, 5) is 20.1. The molecule has 1 N–H and O–H groups in total. The molecule has 2 atom stereocenters. The van der Waals surface area contributed by atoms with Crippen molar-refractivity contribution in [2.75, 3.05) is 18.0 Å². The van der Waals surface area contributed by atoms with Crippen molar-refractivity contribution in [1.29, 1.82) is 0 Å². The number of carbonyl (C=O) groups excluding carboxylic acids is 1. The van der Waals surface area contributed by atoms with Gasteiger partial charge in [0.2, 0.25) is 5.91 Å². The van der Waals surface area contributed by atoms with Gasteiger partial charge in [-0.25, -0.2) is 4.98 Å². The molecule has 0 radical (unpaired) electrons. The second-order valence-electron chi connectivity index (χ2n) is 10.3. The molecule has 1 heterocycles. The van der Waals surface area contributed by atoms with E-state index in [2.05, 4.69) is 55.0 Å². The molecule has 4 aliphatic rings. The zero-order valence-electron chi connectivity index (χ0n) is 17.5. The van der Waals surface area contributed by atoms with Crippen molar-refractivity contribution in [3.63, 3.8) is 0 Å². The minimum Gasteiger partial charge on any atom is -0.357 e. The Bertz CT molecular complexity index is 691. The lowest BCUT2D eigenvalue weighted by Crippen LogP contribution is -2.59. The number of hydrogen-bond donors (Lipinski definition) is 1. The van der Waals surface area contributed by atoms with Crippen LogP contribution in [0.2, 0.25) is 0 Å². The Labute approximate surface area is 164 Å². The molecule has 2 unspecified atom stereocenters. The summed E-state index contributed by atoms with van der Waals surface area (Å²) in [5.41, 5.74) is 1.70. The Balaban J connectivity index is 1.43. The first-order valence-corrected chi connectivity index (χ1v) is 10.8. The molecule has 0 aromatic carbocycles. The maximum absolute atomic E-state index is 13.3. The van der Waals surface area contributed by atoms with Gasteiger partial charge in [-0.15, -0.1) is 0 Å². The molecule has 148 valence electrons. The van der Waals surface area contributed by atoms with Gasteiger partial charge in [0.25, 0.3) is 0 Å². The van der Waals surface area contributed by atoms with E-state index in [1.165, 1.54) is 19.3 Å². The summed E-state index contributed by atoms with van der Waals surface area (Å²) in [6, 6.07) is 4.17. The van der Waals surface area contributed by atoms with Crippen molar-refractivity contribution in [3.05, 3.63) is 23.9 Å². The van der Waals surface area contributed by atoms with Gasteiger partial charge in [0.05, 0.1) is 5.41 Å². The van der Waals surface area contributed by atoms with Gasteiger partial charge in [-0.2, -0.15) is 0 Å². The van der Waals surface area contributed by atoms with Crippen molar-refractivity contribution in [2.24, 2.45) is 22.2 Å². The molecule has 4 saturated carbocycles. The van der Waals surface area contributed by atoms with E-state index in [1.54, 1.807) is 0 Å². The van der Waals surface area contributed by atoms with Gasteiger partial charge in [0.1, 0.15) is 5.82 Å². The lowest BCUT2D eigenvalue weighted by Gasteiger charge is -2.64. The first-order chi connectivity index (χ1) is 12.8. The molecule has 4 aliphatic carbocycles. The van der Waals surface area contributed by atoms with E-state index in [4.69, 9.17) is 0 Å². The van der Waals surface area contributed by atoms with Crippen LogP contribution in [0.15, 0.2) is 18.3 Å². The summed E-state index contributed by atoms with van der Waals surface area (Å²) < 4.78 is 0. The zero-order valence-corrected chi connectivity index (χ0v) is 17.5. The highest BCUT2D eigenvalue weighted by Gasteiger charge is 2.62. The topological polar surface area (TPSA) is 45.2 Å². The molecule has 4 nitrogen and oxygen atoms in total. The van der Waals surface area contributed by atoms with E-state index < -0.39 is 0 Å². The predicted octanol–water partition coefficient (Wildman–Crippen LogP) is 4.54. The number of carbonyl (C=O) groups is 1. The van der Waals surface area contributed by atoms with E-state index in [0.29, 0.717) is 17.4 Å². The van der Waals surface area contributed by atoms with Crippen LogP contribution < -0.4 is 10.2 Å². The SMILES string of the molecule is CCN(CC)c1ccc(CNC(=O)C23CC4CC(C)(CC(C)(C4)C2)C3)cn1. The Kier molecular flexibility index (Phi) is 4.51. The quantitative estimate of drug-likeness (QED) is 0.801. The van der Waals surface area contributed by atoms with Gasteiger partial charge in [0, 0.05) is 25.8 Å². The molecule has 4 bridgehead atoms. The maximum atomic E-state index is 13.3. The minimum absolute atomic E-state index is 0.127. The third kappa shape index (κ3) is 3.36. The summed E-state index contributed by atoms with van der Waals surface area (Å²) >= 11 is 0. The third-order valence-corrected chi connectivity index (χ3v) is 7.46. The summed E-state index contributed by atoms with van der Waals surface area (Å²) in [5.74, 6) is 2.05. The van der Waals surface area contributed by atoms with E-state index in [-0.39, 0.29) is 11.3 Å². The van der Waals surface area contributed by atoms with Crippen LogP contribution in [0.1, 0.15) is 71.8 Å². The fraction of sp³-hybridized carbons (Fsp3) is 0.739.